The summed E-state index contributed by atoms with van der Waals surface area (Å²) in [5.41, 5.74) is 3.74. The molecule has 6 rings (SSSR count). The van der Waals surface area contributed by atoms with Crippen LogP contribution in [0.15, 0.2) is 57.5 Å². The number of hydrogen-bond donors (Lipinski definition) is 1. The second-order valence-electron chi connectivity index (χ2n) is 10.3. The number of nitrogens with zero attached hydrogens (tertiary/aromatic N) is 2. The number of rotatable bonds is 9. The van der Waals surface area contributed by atoms with Gasteiger partial charge in [-0.2, -0.15) is 0 Å². The van der Waals surface area contributed by atoms with E-state index in [4.69, 9.17) is 48.5 Å². The molecule has 1 aliphatic rings. The number of carbonyl (C=O) groups is 1. The maximum absolute atomic E-state index is 11.9. The van der Waals surface area contributed by atoms with Gasteiger partial charge in [-0.3, -0.25) is 0 Å². The van der Waals surface area contributed by atoms with E-state index in [0.29, 0.717) is 66.9 Å². The van der Waals surface area contributed by atoms with Crippen LogP contribution in [-0.4, -0.2) is 21.2 Å². The SMILES string of the molecule is CCCCc1nc2cc(C#Cc3ccc(OCc4c(-c5c(Cl)cccc5Cl)noc4C4CC4)cc3Cl)cc(C(=O)O)c2o1. The maximum Gasteiger partial charge on any atom is 0.339 e. The van der Waals surface area contributed by atoms with Crippen molar-refractivity contribution in [3.63, 3.8) is 0 Å². The van der Waals surface area contributed by atoms with Crippen molar-refractivity contribution in [1.29, 1.82) is 0 Å². The molecule has 2 heterocycles. The molecule has 0 amide bonds. The molecule has 0 bridgehead atoms. The predicted molar refractivity (Wildman–Crippen MR) is 165 cm³/mol. The second kappa shape index (κ2) is 12.3. The molecular weight excluding hydrogens is 611 g/mol. The van der Waals surface area contributed by atoms with Crippen LogP contribution in [0.25, 0.3) is 22.4 Å². The van der Waals surface area contributed by atoms with Gasteiger partial charge in [-0.1, -0.05) is 71.2 Å². The molecule has 43 heavy (non-hydrogen) atoms. The fourth-order valence-electron chi connectivity index (χ4n) is 4.78. The Balaban J connectivity index is 1.23. The molecule has 2 aromatic heterocycles. The molecule has 0 atom stereocenters. The first-order chi connectivity index (χ1) is 20.8. The summed E-state index contributed by atoms with van der Waals surface area (Å²) in [5, 5.41) is 15.4. The molecule has 1 saturated carbocycles. The zero-order valence-electron chi connectivity index (χ0n) is 23.0. The average Bonchev–Trinajstić information content (AvgIpc) is 3.61. The molecule has 0 unspecified atom stereocenters. The van der Waals surface area contributed by atoms with Crippen molar-refractivity contribution in [2.45, 2.75) is 51.6 Å². The van der Waals surface area contributed by atoms with Gasteiger partial charge in [0.15, 0.2) is 11.5 Å². The number of aryl methyl sites for hydroxylation is 1. The lowest BCUT2D eigenvalue weighted by molar-refractivity contribution is 0.0697. The third-order valence-electron chi connectivity index (χ3n) is 7.14. The molecule has 3 aromatic carbocycles. The lowest BCUT2D eigenvalue weighted by atomic mass is 10.0. The number of aromatic nitrogens is 2. The zero-order chi connectivity index (χ0) is 30.1. The van der Waals surface area contributed by atoms with Gasteiger partial charge in [0.2, 0.25) is 0 Å². The lowest BCUT2D eigenvalue weighted by Gasteiger charge is -2.10. The highest BCUT2D eigenvalue weighted by atomic mass is 35.5. The minimum Gasteiger partial charge on any atom is -0.489 e. The van der Waals surface area contributed by atoms with Gasteiger partial charge in [-0.05, 0) is 55.7 Å². The summed E-state index contributed by atoms with van der Waals surface area (Å²) in [6, 6.07) is 13.7. The highest BCUT2D eigenvalue weighted by Crippen LogP contribution is 2.46. The van der Waals surface area contributed by atoms with Crippen molar-refractivity contribution in [3.05, 3.63) is 97.5 Å². The minimum atomic E-state index is -1.11. The van der Waals surface area contributed by atoms with Crippen molar-refractivity contribution in [2.24, 2.45) is 0 Å². The molecule has 1 N–H and O–H groups in total. The number of carboxylic acids is 1. The third kappa shape index (κ3) is 6.23. The average molecular weight is 636 g/mol. The number of ether oxygens (including phenoxy) is 1. The van der Waals surface area contributed by atoms with Gasteiger partial charge in [0.05, 0.1) is 20.6 Å². The van der Waals surface area contributed by atoms with Crippen molar-refractivity contribution < 1.29 is 23.6 Å². The van der Waals surface area contributed by atoms with Gasteiger partial charge < -0.3 is 18.8 Å². The van der Waals surface area contributed by atoms with E-state index in [-0.39, 0.29) is 17.8 Å². The fraction of sp³-hybridized carbons (Fsp3) is 0.242. The molecule has 218 valence electrons. The highest BCUT2D eigenvalue weighted by molar-refractivity contribution is 6.39. The van der Waals surface area contributed by atoms with E-state index in [1.165, 1.54) is 6.07 Å². The number of fused-ring (bicyclic) bond motifs is 1. The summed E-state index contributed by atoms with van der Waals surface area (Å²) in [5.74, 6) is 7.06. The van der Waals surface area contributed by atoms with E-state index in [0.717, 1.165) is 37.0 Å². The zero-order valence-corrected chi connectivity index (χ0v) is 25.3. The Hall–Kier alpha value is -3.96. The summed E-state index contributed by atoms with van der Waals surface area (Å²) in [6.07, 6.45) is 4.57. The van der Waals surface area contributed by atoms with Crippen LogP contribution in [0.2, 0.25) is 15.1 Å². The van der Waals surface area contributed by atoms with Crippen LogP contribution in [0.4, 0.5) is 0 Å². The number of carboxylic acid groups (broad SMARTS) is 1. The first-order valence-corrected chi connectivity index (χ1v) is 15.0. The maximum atomic E-state index is 11.9. The fourth-order valence-corrected chi connectivity index (χ4v) is 5.57. The Labute approximate surface area is 262 Å². The third-order valence-corrected chi connectivity index (χ3v) is 8.08. The van der Waals surface area contributed by atoms with Crippen LogP contribution in [0, 0.1) is 11.8 Å². The standard InChI is InChI=1S/C33H25Cl3N2O5/c1-2-3-7-28-37-27-15-18(14-22(33(39)40)32(27)42-28)8-9-19-12-13-21(16-26(19)36)41-17-23-30(38-43-31(23)20-10-11-20)29-24(34)5-4-6-25(29)35/h4-6,12-16,20H,2-3,7,10-11,17H2,1H3,(H,39,40). The number of benzene rings is 3. The minimum absolute atomic E-state index is 0.0173. The highest BCUT2D eigenvalue weighted by Gasteiger charge is 2.33. The van der Waals surface area contributed by atoms with Crippen molar-refractivity contribution in [2.75, 3.05) is 0 Å². The van der Waals surface area contributed by atoms with E-state index in [2.05, 4.69) is 28.9 Å². The largest absolute Gasteiger partial charge is 0.489 e. The quantitative estimate of drug-likeness (QED) is 0.161. The number of unbranched alkanes of at least 4 members (excludes halogenated alkanes) is 1. The van der Waals surface area contributed by atoms with Gasteiger partial charge in [0.1, 0.15) is 34.9 Å². The molecule has 5 aromatic rings. The van der Waals surface area contributed by atoms with Crippen LogP contribution >= 0.6 is 34.8 Å². The predicted octanol–water partition coefficient (Wildman–Crippen LogP) is 9.34. The van der Waals surface area contributed by atoms with Gasteiger partial charge in [0.25, 0.3) is 0 Å². The Kier molecular flexibility index (Phi) is 8.36. The van der Waals surface area contributed by atoms with E-state index < -0.39 is 5.97 Å². The second-order valence-corrected chi connectivity index (χ2v) is 11.5. The van der Waals surface area contributed by atoms with Crippen molar-refractivity contribution >= 4 is 51.9 Å². The Bertz CT molecular complexity index is 1890. The summed E-state index contributed by atoms with van der Waals surface area (Å²) in [7, 11) is 0. The molecule has 1 aliphatic carbocycles. The summed E-state index contributed by atoms with van der Waals surface area (Å²) >= 11 is 19.5. The molecule has 0 spiro atoms. The first kappa shape index (κ1) is 29.1. The van der Waals surface area contributed by atoms with Crippen LogP contribution < -0.4 is 4.74 Å². The number of oxazole rings is 1. The van der Waals surface area contributed by atoms with Crippen LogP contribution in [0.3, 0.4) is 0 Å². The number of halogens is 3. The molecule has 0 radical (unpaired) electrons. The monoisotopic (exact) mass is 634 g/mol. The topological polar surface area (TPSA) is 98.6 Å². The molecule has 0 aliphatic heterocycles. The van der Waals surface area contributed by atoms with E-state index in [1.54, 1.807) is 42.5 Å². The molecule has 10 heteroatoms. The molecule has 0 saturated heterocycles. The van der Waals surface area contributed by atoms with E-state index in [9.17, 15) is 9.90 Å². The van der Waals surface area contributed by atoms with Gasteiger partial charge in [0, 0.05) is 35.1 Å². The van der Waals surface area contributed by atoms with Gasteiger partial charge in [-0.15, -0.1) is 0 Å². The smallest absolute Gasteiger partial charge is 0.339 e. The summed E-state index contributed by atoms with van der Waals surface area (Å²) in [4.78, 5) is 16.4. The molecular formula is C33H25Cl3N2O5. The summed E-state index contributed by atoms with van der Waals surface area (Å²) < 4.78 is 17.6. The normalized spacial score (nSPS) is 12.7. The van der Waals surface area contributed by atoms with Crippen LogP contribution in [0.1, 0.15) is 77.2 Å². The Morgan fingerprint density at radius 2 is 1.86 bits per heavy atom. The van der Waals surface area contributed by atoms with E-state index in [1.807, 2.05) is 0 Å². The van der Waals surface area contributed by atoms with Crippen LogP contribution in [-0.2, 0) is 13.0 Å². The van der Waals surface area contributed by atoms with Gasteiger partial charge >= 0.3 is 5.97 Å². The van der Waals surface area contributed by atoms with E-state index >= 15 is 0 Å². The number of hydrogen-bond acceptors (Lipinski definition) is 6. The summed E-state index contributed by atoms with van der Waals surface area (Å²) in [6.45, 7) is 2.25. The van der Waals surface area contributed by atoms with Crippen molar-refractivity contribution in [3.8, 4) is 28.8 Å². The first-order valence-electron chi connectivity index (χ1n) is 13.9. The van der Waals surface area contributed by atoms with Gasteiger partial charge in [-0.25, -0.2) is 9.78 Å². The molecule has 1 fully saturated rings. The lowest BCUT2D eigenvalue weighted by Crippen LogP contribution is -2.00. The Morgan fingerprint density at radius 3 is 2.56 bits per heavy atom. The molecule has 7 nitrogen and oxygen atoms in total. The number of aromatic carboxylic acids is 1. The Morgan fingerprint density at radius 1 is 1.07 bits per heavy atom. The van der Waals surface area contributed by atoms with Crippen molar-refractivity contribution in [1.82, 2.24) is 10.1 Å². The van der Waals surface area contributed by atoms with Crippen LogP contribution in [0.5, 0.6) is 5.75 Å².